The van der Waals surface area contributed by atoms with Crippen molar-refractivity contribution in [2.45, 2.75) is 24.9 Å². The van der Waals surface area contributed by atoms with Gasteiger partial charge in [0.25, 0.3) is 0 Å². The molecule has 1 aliphatic rings. The Morgan fingerprint density at radius 1 is 1.07 bits per heavy atom. The van der Waals surface area contributed by atoms with Gasteiger partial charge in [0.1, 0.15) is 5.75 Å². The van der Waals surface area contributed by atoms with Gasteiger partial charge in [0.2, 0.25) is 5.91 Å². The molecule has 156 valence electrons. The van der Waals surface area contributed by atoms with Crippen molar-refractivity contribution < 1.29 is 9.53 Å². The minimum Gasteiger partial charge on any atom is -0.495 e. The van der Waals surface area contributed by atoms with Crippen LogP contribution in [0.2, 0.25) is 0 Å². The highest BCUT2D eigenvalue weighted by atomic mass is 32.2. The summed E-state index contributed by atoms with van der Waals surface area (Å²) >= 11 is 1.42. The van der Waals surface area contributed by atoms with Crippen LogP contribution in [-0.2, 0) is 4.79 Å². The van der Waals surface area contributed by atoms with Crippen LogP contribution >= 0.6 is 11.8 Å². The van der Waals surface area contributed by atoms with E-state index in [-0.39, 0.29) is 5.91 Å². The summed E-state index contributed by atoms with van der Waals surface area (Å²) in [5, 5.41) is 9.55. The number of amides is 1. The molecule has 30 heavy (non-hydrogen) atoms. The second kappa shape index (κ2) is 9.34. The molecule has 1 amide bonds. The van der Waals surface area contributed by atoms with Crippen molar-refractivity contribution in [3.63, 3.8) is 0 Å². The van der Waals surface area contributed by atoms with Crippen LogP contribution in [0, 0.1) is 5.92 Å². The van der Waals surface area contributed by atoms with Gasteiger partial charge in [-0.3, -0.25) is 9.36 Å². The number of nitrogens with zero attached hydrogens (tertiary/aromatic N) is 4. The number of para-hydroxylation sites is 2. The van der Waals surface area contributed by atoms with Crippen molar-refractivity contribution in [3.05, 3.63) is 54.6 Å². The fourth-order valence-electron chi connectivity index (χ4n) is 3.64. The Labute approximate surface area is 181 Å². The Bertz CT molecular complexity index is 997. The number of ether oxygens (including phenoxy) is 1. The third-order valence-corrected chi connectivity index (χ3v) is 6.37. The minimum atomic E-state index is 0.155. The summed E-state index contributed by atoms with van der Waals surface area (Å²) in [7, 11) is 1.65. The lowest BCUT2D eigenvalue weighted by atomic mass is 9.99. The first-order valence-electron chi connectivity index (χ1n) is 10.2. The number of aromatic nitrogens is 3. The Morgan fingerprint density at radius 2 is 1.77 bits per heavy atom. The van der Waals surface area contributed by atoms with Crippen LogP contribution in [0.3, 0.4) is 0 Å². The topological polar surface area (TPSA) is 60.2 Å². The van der Waals surface area contributed by atoms with E-state index < -0.39 is 0 Å². The van der Waals surface area contributed by atoms with Gasteiger partial charge in [-0.05, 0) is 30.9 Å². The third kappa shape index (κ3) is 4.36. The maximum absolute atomic E-state index is 12.7. The molecule has 0 bridgehead atoms. The third-order valence-electron chi connectivity index (χ3n) is 5.45. The second-order valence-electron chi connectivity index (χ2n) is 7.53. The van der Waals surface area contributed by atoms with Crippen molar-refractivity contribution in [1.29, 1.82) is 0 Å². The van der Waals surface area contributed by atoms with Gasteiger partial charge in [-0.1, -0.05) is 61.2 Å². The summed E-state index contributed by atoms with van der Waals surface area (Å²) in [6.07, 6.45) is 2.15. The van der Waals surface area contributed by atoms with Crippen molar-refractivity contribution in [2.75, 3.05) is 26.0 Å². The smallest absolute Gasteiger partial charge is 0.233 e. The van der Waals surface area contributed by atoms with Crippen LogP contribution in [-0.4, -0.2) is 51.5 Å². The number of hydrogen-bond donors (Lipinski definition) is 0. The summed E-state index contributed by atoms with van der Waals surface area (Å²) in [5.41, 5.74) is 1.81. The van der Waals surface area contributed by atoms with E-state index in [1.165, 1.54) is 11.8 Å². The van der Waals surface area contributed by atoms with Crippen LogP contribution in [0.4, 0.5) is 0 Å². The van der Waals surface area contributed by atoms with E-state index in [9.17, 15) is 4.79 Å². The molecule has 4 rings (SSSR count). The molecule has 0 spiro atoms. The quantitative estimate of drug-likeness (QED) is 0.555. The molecule has 0 aliphatic carbocycles. The molecule has 1 fully saturated rings. The molecule has 0 atom stereocenters. The minimum absolute atomic E-state index is 0.155. The zero-order valence-electron chi connectivity index (χ0n) is 17.3. The van der Waals surface area contributed by atoms with Gasteiger partial charge in [0.15, 0.2) is 11.0 Å². The standard InChI is InChI=1S/C23H26N4O2S/c1-17-12-14-26(15-13-17)21(28)16-30-23-25-24-22(18-8-4-3-5-9-18)27(23)19-10-6-7-11-20(19)29-2/h3-11,17H,12-16H2,1-2H3. The van der Waals surface area contributed by atoms with E-state index in [4.69, 9.17) is 4.74 Å². The van der Waals surface area contributed by atoms with Crippen molar-refractivity contribution >= 4 is 17.7 Å². The zero-order chi connectivity index (χ0) is 20.9. The molecule has 1 aromatic heterocycles. The number of piperidine rings is 1. The SMILES string of the molecule is COc1ccccc1-n1c(SCC(=O)N2CCC(C)CC2)nnc1-c1ccccc1. The fourth-order valence-corrected chi connectivity index (χ4v) is 4.49. The molecule has 1 aliphatic heterocycles. The predicted octanol–water partition coefficient (Wildman–Crippen LogP) is 4.29. The Morgan fingerprint density at radius 3 is 2.50 bits per heavy atom. The first kappa shape index (κ1) is 20.5. The first-order valence-corrected chi connectivity index (χ1v) is 11.2. The van der Waals surface area contributed by atoms with Crippen LogP contribution < -0.4 is 4.74 Å². The normalized spacial score (nSPS) is 14.7. The van der Waals surface area contributed by atoms with Crippen molar-refractivity contribution in [3.8, 4) is 22.8 Å². The summed E-state index contributed by atoms with van der Waals surface area (Å²) in [4.78, 5) is 14.7. The van der Waals surface area contributed by atoms with Crippen LogP contribution in [0.15, 0.2) is 59.8 Å². The van der Waals surface area contributed by atoms with Gasteiger partial charge in [-0.25, -0.2) is 0 Å². The van der Waals surface area contributed by atoms with Gasteiger partial charge in [-0.15, -0.1) is 10.2 Å². The van der Waals surface area contributed by atoms with E-state index in [1.54, 1.807) is 7.11 Å². The lowest BCUT2D eigenvalue weighted by Gasteiger charge is -2.30. The number of likely N-dealkylation sites (tertiary alicyclic amines) is 1. The van der Waals surface area contributed by atoms with E-state index in [0.717, 1.165) is 48.8 Å². The van der Waals surface area contributed by atoms with E-state index in [2.05, 4.69) is 17.1 Å². The highest BCUT2D eigenvalue weighted by molar-refractivity contribution is 7.99. The fraction of sp³-hybridized carbons (Fsp3) is 0.348. The molecule has 7 heteroatoms. The van der Waals surface area contributed by atoms with E-state index in [0.29, 0.717) is 16.8 Å². The Balaban J connectivity index is 1.63. The highest BCUT2D eigenvalue weighted by Gasteiger charge is 2.23. The number of carbonyl (C=O) groups is 1. The highest BCUT2D eigenvalue weighted by Crippen LogP contribution is 2.32. The number of methoxy groups -OCH3 is 1. The number of benzene rings is 2. The maximum Gasteiger partial charge on any atom is 0.233 e. The van der Waals surface area contributed by atoms with Gasteiger partial charge in [-0.2, -0.15) is 0 Å². The molecular weight excluding hydrogens is 396 g/mol. The average molecular weight is 423 g/mol. The van der Waals surface area contributed by atoms with Gasteiger partial charge < -0.3 is 9.64 Å². The molecule has 1 saturated heterocycles. The zero-order valence-corrected chi connectivity index (χ0v) is 18.1. The number of carbonyl (C=O) groups excluding carboxylic acids is 1. The maximum atomic E-state index is 12.7. The summed E-state index contributed by atoms with van der Waals surface area (Å²) in [6.45, 7) is 3.93. The average Bonchev–Trinajstić information content (AvgIpc) is 3.22. The number of hydrogen-bond acceptors (Lipinski definition) is 5. The molecule has 0 radical (unpaired) electrons. The molecule has 0 unspecified atom stereocenters. The van der Waals surface area contributed by atoms with E-state index in [1.807, 2.05) is 64.1 Å². The second-order valence-corrected chi connectivity index (χ2v) is 8.47. The van der Waals surface area contributed by atoms with Crippen molar-refractivity contribution in [1.82, 2.24) is 19.7 Å². The molecule has 0 N–H and O–H groups in total. The Kier molecular flexibility index (Phi) is 6.38. The van der Waals surface area contributed by atoms with Gasteiger partial charge >= 0.3 is 0 Å². The lowest BCUT2D eigenvalue weighted by molar-refractivity contribution is -0.129. The number of thioether (sulfide) groups is 1. The number of rotatable bonds is 6. The van der Waals surface area contributed by atoms with Crippen LogP contribution in [0.1, 0.15) is 19.8 Å². The lowest BCUT2D eigenvalue weighted by Crippen LogP contribution is -2.38. The van der Waals surface area contributed by atoms with Crippen LogP contribution in [0.25, 0.3) is 17.1 Å². The summed E-state index contributed by atoms with van der Waals surface area (Å²) in [5.74, 6) is 2.65. The molecular formula is C23H26N4O2S. The summed E-state index contributed by atoms with van der Waals surface area (Å²) in [6, 6.07) is 17.7. The summed E-state index contributed by atoms with van der Waals surface area (Å²) < 4.78 is 7.56. The van der Waals surface area contributed by atoms with Crippen LogP contribution in [0.5, 0.6) is 5.75 Å². The molecule has 3 aromatic rings. The van der Waals surface area contributed by atoms with E-state index >= 15 is 0 Å². The monoisotopic (exact) mass is 422 g/mol. The molecule has 2 heterocycles. The largest absolute Gasteiger partial charge is 0.495 e. The molecule has 0 saturated carbocycles. The Hall–Kier alpha value is -2.80. The predicted molar refractivity (Wildman–Crippen MR) is 119 cm³/mol. The van der Waals surface area contributed by atoms with Gasteiger partial charge in [0, 0.05) is 18.7 Å². The molecule has 6 nitrogen and oxygen atoms in total. The molecule has 2 aromatic carbocycles. The first-order chi connectivity index (χ1) is 14.7. The van der Waals surface area contributed by atoms with Gasteiger partial charge in [0.05, 0.1) is 18.6 Å². The van der Waals surface area contributed by atoms with Crippen molar-refractivity contribution in [2.24, 2.45) is 5.92 Å².